The molecular formula is C13H10N4O2. The van der Waals surface area contributed by atoms with Gasteiger partial charge in [0.25, 0.3) is 0 Å². The van der Waals surface area contributed by atoms with Gasteiger partial charge in [0.05, 0.1) is 5.56 Å². The first-order valence-electron chi connectivity index (χ1n) is 5.67. The van der Waals surface area contributed by atoms with Gasteiger partial charge in [-0.25, -0.2) is 4.79 Å². The molecule has 0 saturated carbocycles. The van der Waals surface area contributed by atoms with E-state index >= 15 is 0 Å². The van der Waals surface area contributed by atoms with Crippen LogP contribution in [0.15, 0.2) is 36.7 Å². The fraction of sp³-hybridized carbons (Fsp3) is 0.0769. The SMILES string of the molecule is Cc1ncccc1-c1nnc2ccc(C(=O)O)cn12. The van der Waals surface area contributed by atoms with Crippen molar-refractivity contribution in [3.63, 3.8) is 0 Å². The number of rotatable bonds is 2. The van der Waals surface area contributed by atoms with Gasteiger partial charge >= 0.3 is 5.97 Å². The Bertz CT molecular complexity index is 779. The van der Waals surface area contributed by atoms with Crippen LogP contribution in [0.1, 0.15) is 16.1 Å². The first kappa shape index (κ1) is 11.3. The Morgan fingerprint density at radius 3 is 2.84 bits per heavy atom. The third kappa shape index (κ3) is 1.83. The van der Waals surface area contributed by atoms with Crippen molar-refractivity contribution in [2.75, 3.05) is 0 Å². The first-order valence-corrected chi connectivity index (χ1v) is 5.67. The predicted octanol–water partition coefficient (Wildman–Crippen LogP) is 1.80. The topological polar surface area (TPSA) is 80.4 Å². The summed E-state index contributed by atoms with van der Waals surface area (Å²) in [5.41, 5.74) is 2.44. The van der Waals surface area contributed by atoms with E-state index in [0.29, 0.717) is 11.5 Å². The van der Waals surface area contributed by atoms with Gasteiger partial charge in [0.2, 0.25) is 0 Å². The molecule has 0 aliphatic rings. The molecule has 0 fully saturated rings. The highest BCUT2D eigenvalue weighted by molar-refractivity contribution is 5.87. The molecule has 0 aromatic carbocycles. The van der Waals surface area contributed by atoms with E-state index < -0.39 is 5.97 Å². The summed E-state index contributed by atoms with van der Waals surface area (Å²) >= 11 is 0. The van der Waals surface area contributed by atoms with Gasteiger partial charge in [0, 0.05) is 23.7 Å². The molecule has 3 aromatic rings. The highest BCUT2D eigenvalue weighted by Crippen LogP contribution is 2.20. The van der Waals surface area contributed by atoms with Crippen LogP contribution in [0.2, 0.25) is 0 Å². The first-order chi connectivity index (χ1) is 9.16. The lowest BCUT2D eigenvalue weighted by Gasteiger charge is -2.03. The van der Waals surface area contributed by atoms with Gasteiger partial charge in [-0.1, -0.05) is 0 Å². The van der Waals surface area contributed by atoms with Gasteiger partial charge in [0.15, 0.2) is 11.5 Å². The maximum Gasteiger partial charge on any atom is 0.337 e. The van der Waals surface area contributed by atoms with Gasteiger partial charge in [-0.3, -0.25) is 9.38 Å². The number of carboxylic acid groups (broad SMARTS) is 1. The van der Waals surface area contributed by atoms with Crippen LogP contribution in [0.3, 0.4) is 0 Å². The fourth-order valence-electron chi connectivity index (χ4n) is 1.92. The summed E-state index contributed by atoms with van der Waals surface area (Å²) in [6, 6.07) is 6.83. The molecule has 0 spiro atoms. The van der Waals surface area contributed by atoms with Gasteiger partial charge in [-0.15, -0.1) is 10.2 Å². The van der Waals surface area contributed by atoms with Gasteiger partial charge in [-0.2, -0.15) is 0 Å². The molecule has 0 aliphatic heterocycles. The Hall–Kier alpha value is -2.76. The molecule has 3 aromatic heterocycles. The number of nitrogens with zero attached hydrogens (tertiary/aromatic N) is 4. The van der Waals surface area contributed by atoms with E-state index in [4.69, 9.17) is 5.11 Å². The molecule has 0 amide bonds. The van der Waals surface area contributed by atoms with Crippen LogP contribution in [0.25, 0.3) is 17.0 Å². The van der Waals surface area contributed by atoms with Crippen molar-refractivity contribution < 1.29 is 9.90 Å². The van der Waals surface area contributed by atoms with E-state index in [0.717, 1.165) is 11.3 Å². The van der Waals surface area contributed by atoms with Gasteiger partial charge in [0.1, 0.15) is 0 Å². The zero-order valence-corrected chi connectivity index (χ0v) is 10.1. The molecule has 1 N–H and O–H groups in total. The van der Waals surface area contributed by atoms with E-state index in [1.54, 1.807) is 16.7 Å². The summed E-state index contributed by atoms with van der Waals surface area (Å²) < 4.78 is 1.66. The van der Waals surface area contributed by atoms with E-state index in [9.17, 15) is 4.79 Å². The van der Waals surface area contributed by atoms with E-state index in [2.05, 4.69) is 15.2 Å². The van der Waals surface area contributed by atoms with Crippen LogP contribution >= 0.6 is 0 Å². The van der Waals surface area contributed by atoms with Crippen molar-refractivity contribution in [2.24, 2.45) is 0 Å². The Morgan fingerprint density at radius 1 is 1.26 bits per heavy atom. The number of carboxylic acids is 1. The summed E-state index contributed by atoms with van der Waals surface area (Å²) in [6.07, 6.45) is 3.21. The third-order valence-corrected chi connectivity index (χ3v) is 2.90. The largest absolute Gasteiger partial charge is 0.478 e. The fourth-order valence-corrected chi connectivity index (χ4v) is 1.92. The number of aromatic nitrogens is 4. The van der Waals surface area contributed by atoms with Crippen molar-refractivity contribution in [1.29, 1.82) is 0 Å². The van der Waals surface area contributed by atoms with Crippen molar-refractivity contribution in [3.8, 4) is 11.4 Å². The zero-order valence-electron chi connectivity index (χ0n) is 10.1. The Balaban J connectivity index is 2.27. The smallest absolute Gasteiger partial charge is 0.337 e. The molecular weight excluding hydrogens is 244 g/mol. The van der Waals surface area contributed by atoms with Crippen molar-refractivity contribution in [1.82, 2.24) is 19.6 Å². The standard InChI is InChI=1S/C13H10N4O2/c1-8-10(3-2-6-14-8)12-16-15-11-5-4-9(13(18)19)7-17(11)12/h2-7H,1H3,(H,18,19). The van der Waals surface area contributed by atoms with E-state index in [1.165, 1.54) is 12.3 Å². The number of aromatic carboxylic acids is 1. The summed E-state index contributed by atoms with van der Waals surface area (Å²) in [4.78, 5) is 15.2. The number of hydrogen-bond donors (Lipinski definition) is 1. The maximum absolute atomic E-state index is 11.0. The second-order valence-electron chi connectivity index (χ2n) is 4.11. The van der Waals surface area contributed by atoms with Crippen molar-refractivity contribution in [3.05, 3.63) is 47.9 Å². The molecule has 6 heteroatoms. The van der Waals surface area contributed by atoms with Crippen molar-refractivity contribution >= 4 is 11.6 Å². The molecule has 3 rings (SSSR count). The molecule has 0 saturated heterocycles. The third-order valence-electron chi connectivity index (χ3n) is 2.90. The lowest BCUT2D eigenvalue weighted by atomic mass is 10.2. The number of pyridine rings is 2. The molecule has 0 aliphatic carbocycles. The molecule has 0 radical (unpaired) electrons. The van der Waals surface area contributed by atoms with Gasteiger partial charge in [-0.05, 0) is 31.2 Å². The minimum absolute atomic E-state index is 0.190. The van der Waals surface area contributed by atoms with Crippen LogP contribution in [0, 0.1) is 6.92 Å². The molecule has 3 heterocycles. The van der Waals surface area contributed by atoms with E-state index in [-0.39, 0.29) is 5.56 Å². The highest BCUT2D eigenvalue weighted by Gasteiger charge is 2.12. The summed E-state index contributed by atoms with van der Waals surface area (Å²) in [6.45, 7) is 1.87. The minimum atomic E-state index is -0.982. The quantitative estimate of drug-likeness (QED) is 0.754. The number of carbonyl (C=O) groups is 1. The van der Waals surface area contributed by atoms with E-state index in [1.807, 2.05) is 19.1 Å². The Labute approximate surface area is 108 Å². The van der Waals surface area contributed by atoms with Crippen LogP contribution < -0.4 is 0 Å². The zero-order chi connectivity index (χ0) is 13.4. The molecule has 19 heavy (non-hydrogen) atoms. The molecule has 0 unspecified atom stereocenters. The summed E-state index contributed by atoms with van der Waals surface area (Å²) in [5.74, 6) is -0.395. The predicted molar refractivity (Wildman–Crippen MR) is 67.9 cm³/mol. The maximum atomic E-state index is 11.0. The monoisotopic (exact) mass is 254 g/mol. The number of fused-ring (bicyclic) bond motifs is 1. The Kier molecular flexibility index (Phi) is 2.49. The molecule has 94 valence electrons. The van der Waals surface area contributed by atoms with Crippen LogP contribution in [0.5, 0.6) is 0 Å². The lowest BCUT2D eigenvalue weighted by Crippen LogP contribution is -2.00. The molecule has 0 bridgehead atoms. The number of hydrogen-bond acceptors (Lipinski definition) is 4. The normalized spacial score (nSPS) is 10.8. The molecule has 0 atom stereocenters. The van der Waals surface area contributed by atoms with Crippen LogP contribution in [-0.2, 0) is 0 Å². The van der Waals surface area contributed by atoms with Crippen LogP contribution in [-0.4, -0.2) is 30.7 Å². The molecule has 6 nitrogen and oxygen atoms in total. The second-order valence-corrected chi connectivity index (χ2v) is 4.11. The van der Waals surface area contributed by atoms with Crippen LogP contribution in [0.4, 0.5) is 0 Å². The highest BCUT2D eigenvalue weighted by atomic mass is 16.4. The Morgan fingerprint density at radius 2 is 2.11 bits per heavy atom. The van der Waals surface area contributed by atoms with Gasteiger partial charge < -0.3 is 5.11 Å². The summed E-state index contributed by atoms with van der Waals surface area (Å²) in [5, 5.41) is 17.2. The lowest BCUT2D eigenvalue weighted by molar-refractivity contribution is 0.0696. The van der Waals surface area contributed by atoms with Crippen molar-refractivity contribution in [2.45, 2.75) is 6.92 Å². The average Bonchev–Trinajstić information content (AvgIpc) is 2.82. The number of aryl methyl sites for hydroxylation is 1. The summed E-state index contributed by atoms with van der Waals surface area (Å²) in [7, 11) is 0. The minimum Gasteiger partial charge on any atom is -0.478 e. The second kappa shape index (κ2) is 4.16. The average molecular weight is 254 g/mol.